The third-order valence-corrected chi connectivity index (χ3v) is 14.8. The molecule has 140 valence electrons. The van der Waals surface area contributed by atoms with Gasteiger partial charge in [0, 0.05) is 23.0 Å². The highest BCUT2D eigenvalue weighted by atomic mass is 35.6. The van der Waals surface area contributed by atoms with E-state index in [2.05, 4.69) is 74.6 Å². The van der Waals surface area contributed by atoms with E-state index in [1.807, 2.05) is 12.4 Å². The lowest BCUT2D eigenvalue weighted by Gasteiger charge is -2.37. The summed E-state index contributed by atoms with van der Waals surface area (Å²) in [5, 5.41) is 12.3. The van der Waals surface area contributed by atoms with Crippen molar-refractivity contribution >= 4 is 45.2 Å². The van der Waals surface area contributed by atoms with E-state index in [0.717, 1.165) is 12.1 Å². The van der Waals surface area contributed by atoms with Crippen LogP contribution in [0.4, 0.5) is 0 Å². The van der Waals surface area contributed by atoms with Crippen molar-refractivity contribution in [1.82, 2.24) is 19.6 Å². The molecule has 2 heterocycles. The van der Waals surface area contributed by atoms with Crippen LogP contribution in [0, 0.1) is 0 Å². The van der Waals surface area contributed by atoms with Gasteiger partial charge in [-0.15, -0.1) is 0 Å². The number of aromatic nitrogens is 4. The summed E-state index contributed by atoms with van der Waals surface area (Å²) in [7, 11) is -5.21. The van der Waals surface area contributed by atoms with Gasteiger partial charge in [0.2, 0.25) is 7.38 Å². The highest BCUT2D eigenvalue weighted by Crippen LogP contribution is 2.33. The predicted octanol–water partition coefficient (Wildman–Crippen LogP) is 3.98. The van der Waals surface area contributed by atoms with Gasteiger partial charge in [-0.2, -0.15) is 21.3 Å². The number of hydrogen-bond donors (Lipinski definition) is 0. The molecule has 0 radical (unpaired) electrons. The molecule has 4 nitrogen and oxygen atoms in total. The third kappa shape index (κ3) is 4.04. The SMILES string of the molecule is CC[Si](Cl)(CC)C(n1nccc1[Si](C)(C)C)n1nccc1[Si](C)(C)C. The summed E-state index contributed by atoms with van der Waals surface area (Å²) in [4.78, 5) is 0. The molecule has 0 aliphatic carbocycles. The van der Waals surface area contributed by atoms with Crippen molar-refractivity contribution in [3.63, 3.8) is 0 Å². The molecule has 0 amide bonds. The van der Waals surface area contributed by atoms with Gasteiger partial charge in [-0.1, -0.05) is 53.1 Å². The van der Waals surface area contributed by atoms with Crippen molar-refractivity contribution in [2.24, 2.45) is 0 Å². The molecule has 0 atom stereocenters. The van der Waals surface area contributed by atoms with E-state index >= 15 is 0 Å². The topological polar surface area (TPSA) is 35.6 Å². The van der Waals surface area contributed by atoms with Crippen LogP contribution in [0.2, 0.25) is 51.4 Å². The zero-order valence-corrected chi connectivity index (χ0v) is 20.7. The van der Waals surface area contributed by atoms with Gasteiger partial charge in [0.05, 0.1) is 0 Å². The minimum Gasteiger partial charge on any atom is -0.251 e. The Hall–Kier alpha value is -0.639. The number of rotatable bonds is 7. The van der Waals surface area contributed by atoms with Crippen molar-refractivity contribution in [3.8, 4) is 0 Å². The maximum absolute atomic E-state index is 7.35. The molecule has 0 saturated heterocycles. The molecule has 2 rings (SSSR count). The molecule has 0 aromatic carbocycles. The summed E-state index contributed by atoms with van der Waals surface area (Å²) in [6.45, 7) is 18.7. The van der Waals surface area contributed by atoms with Crippen molar-refractivity contribution < 1.29 is 0 Å². The first-order valence-corrected chi connectivity index (χ1v) is 19.7. The van der Waals surface area contributed by atoms with Crippen LogP contribution in [0.1, 0.15) is 19.6 Å². The second-order valence-corrected chi connectivity index (χ2v) is 25.2. The van der Waals surface area contributed by atoms with E-state index in [0.29, 0.717) is 0 Å². The average Bonchev–Trinajstić information content (AvgIpc) is 3.15. The number of nitrogens with zero attached hydrogens (tertiary/aromatic N) is 4. The molecule has 0 spiro atoms. The van der Waals surface area contributed by atoms with Crippen LogP contribution in [0.15, 0.2) is 24.5 Å². The molecule has 2 aromatic heterocycles. The summed E-state index contributed by atoms with van der Waals surface area (Å²) in [5.74, 6) is 0.0395. The Balaban J connectivity index is 2.74. The highest BCUT2D eigenvalue weighted by Gasteiger charge is 2.44. The molecule has 25 heavy (non-hydrogen) atoms. The van der Waals surface area contributed by atoms with Crippen LogP contribution in [-0.2, 0) is 0 Å². The van der Waals surface area contributed by atoms with Gasteiger partial charge in [-0.05, 0) is 24.2 Å². The Bertz CT molecular complexity index is 656. The standard InChI is InChI=1S/C17H33ClN4Si3/c1-9-25(18,10-2)17(21-15(11-13-19-21)23(3,4)5)22-16(12-14-20-22)24(6,7)8/h11-14,17H,9-10H2,1-8H3. The van der Waals surface area contributed by atoms with Crippen LogP contribution < -0.4 is 10.6 Å². The molecule has 0 fully saturated rings. The van der Waals surface area contributed by atoms with Crippen molar-refractivity contribution in [3.05, 3.63) is 24.5 Å². The fourth-order valence-corrected chi connectivity index (χ4v) is 9.58. The summed E-state index contributed by atoms with van der Waals surface area (Å²) in [6, 6.07) is 6.39. The Morgan fingerprint density at radius 1 is 0.840 bits per heavy atom. The monoisotopic (exact) mass is 412 g/mol. The van der Waals surface area contributed by atoms with E-state index in [4.69, 9.17) is 21.3 Å². The zero-order chi connectivity index (χ0) is 19.0. The van der Waals surface area contributed by atoms with Crippen LogP contribution >= 0.6 is 11.1 Å². The molecule has 8 heteroatoms. The van der Waals surface area contributed by atoms with Gasteiger partial charge in [0.25, 0.3) is 0 Å². The fourth-order valence-electron chi connectivity index (χ4n) is 3.36. The molecule has 2 aromatic rings. The summed E-state index contributed by atoms with van der Waals surface area (Å²) in [5.41, 5.74) is 0. The predicted molar refractivity (Wildman–Crippen MR) is 117 cm³/mol. The van der Waals surface area contributed by atoms with Gasteiger partial charge in [-0.3, -0.25) is 9.36 Å². The lowest BCUT2D eigenvalue weighted by atomic mass is 10.7. The van der Waals surface area contributed by atoms with Gasteiger partial charge in [-0.25, -0.2) is 0 Å². The second-order valence-electron chi connectivity index (χ2n) is 8.94. The quantitative estimate of drug-likeness (QED) is 0.509. The lowest BCUT2D eigenvalue weighted by molar-refractivity contribution is 0.475. The average molecular weight is 413 g/mol. The Morgan fingerprint density at radius 3 is 1.48 bits per heavy atom. The maximum Gasteiger partial charge on any atom is 0.207 e. The zero-order valence-electron chi connectivity index (χ0n) is 17.0. The summed E-state index contributed by atoms with van der Waals surface area (Å²) in [6.07, 6.45) is 3.88. The Labute approximate surface area is 160 Å². The van der Waals surface area contributed by atoms with Gasteiger partial charge in [0.15, 0.2) is 0 Å². The normalized spacial score (nSPS) is 13.7. The van der Waals surface area contributed by atoms with E-state index in [9.17, 15) is 0 Å². The van der Waals surface area contributed by atoms with Crippen LogP contribution in [0.5, 0.6) is 0 Å². The van der Waals surface area contributed by atoms with Crippen LogP contribution in [0.25, 0.3) is 0 Å². The number of hydrogen-bond acceptors (Lipinski definition) is 2. The minimum atomic E-state index is -2.14. The van der Waals surface area contributed by atoms with Gasteiger partial charge >= 0.3 is 0 Å². The third-order valence-electron chi connectivity index (χ3n) is 4.98. The number of halogens is 1. The molecule has 0 bridgehead atoms. The van der Waals surface area contributed by atoms with Gasteiger partial charge < -0.3 is 0 Å². The molecular weight excluding hydrogens is 380 g/mol. The first-order valence-electron chi connectivity index (χ1n) is 9.22. The molecule has 0 unspecified atom stereocenters. The van der Waals surface area contributed by atoms with Crippen molar-refractivity contribution in [1.29, 1.82) is 0 Å². The largest absolute Gasteiger partial charge is 0.251 e. The molecule has 0 saturated carbocycles. The van der Waals surface area contributed by atoms with Gasteiger partial charge in [0.1, 0.15) is 21.9 Å². The highest BCUT2D eigenvalue weighted by molar-refractivity contribution is 7.20. The minimum absolute atomic E-state index is 0.0395. The second kappa shape index (κ2) is 7.17. The molecule has 0 aliphatic rings. The fraction of sp³-hybridized carbons (Fsp3) is 0.647. The van der Waals surface area contributed by atoms with E-state index in [1.54, 1.807) is 0 Å². The first-order chi connectivity index (χ1) is 11.5. The summed E-state index contributed by atoms with van der Waals surface area (Å²) < 4.78 is 4.46. The smallest absolute Gasteiger partial charge is 0.207 e. The molecule has 0 aliphatic heterocycles. The summed E-state index contributed by atoms with van der Waals surface area (Å²) >= 11 is 7.35. The molecule has 0 N–H and O–H groups in total. The Morgan fingerprint density at radius 2 is 1.20 bits per heavy atom. The van der Waals surface area contributed by atoms with E-state index in [1.165, 1.54) is 10.6 Å². The molecular formula is C17H33ClN4Si3. The van der Waals surface area contributed by atoms with E-state index < -0.39 is 23.5 Å². The lowest BCUT2D eigenvalue weighted by Crippen LogP contribution is -2.56. The van der Waals surface area contributed by atoms with Crippen LogP contribution in [-0.4, -0.2) is 43.1 Å². The maximum atomic E-state index is 7.35. The van der Waals surface area contributed by atoms with Crippen molar-refractivity contribution in [2.45, 2.75) is 71.0 Å². The van der Waals surface area contributed by atoms with Crippen LogP contribution in [0.3, 0.4) is 0 Å². The van der Waals surface area contributed by atoms with Crippen molar-refractivity contribution in [2.75, 3.05) is 0 Å². The first kappa shape index (κ1) is 20.7. The van der Waals surface area contributed by atoms with E-state index in [-0.39, 0.29) is 5.79 Å². The Kier molecular flexibility index (Phi) is 5.93.